The van der Waals surface area contributed by atoms with Crippen LogP contribution in [0.4, 0.5) is 0 Å². The molecule has 0 radical (unpaired) electrons. The normalized spacial score (nSPS) is 12.8. The van der Waals surface area contributed by atoms with Gasteiger partial charge in [0.1, 0.15) is 6.04 Å². The molecule has 0 aliphatic heterocycles. The molecule has 0 aromatic heterocycles. The zero-order valence-electron chi connectivity index (χ0n) is 11.4. The van der Waals surface area contributed by atoms with Gasteiger partial charge in [-0.25, -0.2) is 8.42 Å². The van der Waals surface area contributed by atoms with Crippen molar-refractivity contribution in [3.63, 3.8) is 0 Å². The quantitative estimate of drug-likeness (QED) is 0.886. The highest BCUT2D eigenvalue weighted by Gasteiger charge is 2.27. The SMILES string of the molecule is Cc1ccccc1S(=O)(=O)N[C@@H](C(=O)O)c1ccccc1. The van der Waals surface area contributed by atoms with Crippen LogP contribution in [-0.2, 0) is 14.8 Å². The predicted molar refractivity (Wildman–Crippen MR) is 78.3 cm³/mol. The highest BCUT2D eigenvalue weighted by Crippen LogP contribution is 2.19. The van der Waals surface area contributed by atoms with Gasteiger partial charge in [0.2, 0.25) is 10.0 Å². The number of carboxylic acids is 1. The minimum absolute atomic E-state index is 0.0761. The van der Waals surface area contributed by atoms with Gasteiger partial charge < -0.3 is 5.11 Å². The third kappa shape index (κ3) is 3.48. The summed E-state index contributed by atoms with van der Waals surface area (Å²) in [6.07, 6.45) is 0. The van der Waals surface area contributed by atoms with Crippen molar-refractivity contribution in [3.05, 3.63) is 65.7 Å². The molecule has 0 amide bonds. The maximum atomic E-state index is 12.4. The van der Waals surface area contributed by atoms with E-state index in [1.54, 1.807) is 55.5 Å². The molecule has 0 bridgehead atoms. The van der Waals surface area contributed by atoms with Crippen LogP contribution in [0.5, 0.6) is 0 Å². The molecule has 0 saturated heterocycles. The third-order valence-electron chi connectivity index (χ3n) is 3.04. The summed E-state index contributed by atoms with van der Waals surface area (Å²) in [4.78, 5) is 11.4. The van der Waals surface area contributed by atoms with E-state index in [0.29, 0.717) is 11.1 Å². The highest BCUT2D eigenvalue weighted by molar-refractivity contribution is 7.89. The molecule has 2 aromatic carbocycles. The van der Waals surface area contributed by atoms with Gasteiger partial charge in [-0.1, -0.05) is 48.5 Å². The van der Waals surface area contributed by atoms with E-state index in [9.17, 15) is 18.3 Å². The molecule has 0 aliphatic rings. The number of sulfonamides is 1. The lowest BCUT2D eigenvalue weighted by molar-refractivity contribution is -0.139. The molecule has 5 nitrogen and oxygen atoms in total. The molecule has 2 aromatic rings. The second kappa shape index (κ2) is 6.07. The minimum Gasteiger partial charge on any atom is -0.480 e. The number of hydrogen-bond donors (Lipinski definition) is 2. The van der Waals surface area contributed by atoms with Crippen molar-refractivity contribution >= 4 is 16.0 Å². The molecular formula is C15H15NO4S. The zero-order valence-corrected chi connectivity index (χ0v) is 12.2. The summed E-state index contributed by atoms with van der Waals surface area (Å²) < 4.78 is 27.0. The molecule has 21 heavy (non-hydrogen) atoms. The van der Waals surface area contributed by atoms with Gasteiger partial charge in [-0.2, -0.15) is 4.72 Å². The number of carboxylic acid groups (broad SMARTS) is 1. The number of aryl methyl sites for hydroxylation is 1. The van der Waals surface area contributed by atoms with E-state index in [0.717, 1.165) is 0 Å². The second-order valence-electron chi connectivity index (χ2n) is 4.57. The van der Waals surface area contributed by atoms with Gasteiger partial charge in [0, 0.05) is 0 Å². The van der Waals surface area contributed by atoms with E-state index in [2.05, 4.69) is 4.72 Å². The molecule has 2 rings (SSSR count). The Bertz CT molecular complexity index is 741. The first kappa shape index (κ1) is 15.2. The van der Waals surface area contributed by atoms with Crippen LogP contribution in [0.3, 0.4) is 0 Å². The summed E-state index contributed by atoms with van der Waals surface area (Å²) in [6, 6.07) is 13.3. The molecule has 110 valence electrons. The van der Waals surface area contributed by atoms with E-state index in [1.807, 2.05) is 0 Å². The summed E-state index contributed by atoms with van der Waals surface area (Å²) >= 11 is 0. The van der Waals surface area contributed by atoms with E-state index >= 15 is 0 Å². The molecule has 2 N–H and O–H groups in total. The summed E-state index contributed by atoms with van der Waals surface area (Å²) in [7, 11) is -3.91. The van der Waals surface area contributed by atoms with Crippen molar-refractivity contribution in [1.82, 2.24) is 4.72 Å². The van der Waals surface area contributed by atoms with Gasteiger partial charge in [-0.15, -0.1) is 0 Å². The molecule has 0 heterocycles. The van der Waals surface area contributed by atoms with Crippen LogP contribution in [0, 0.1) is 6.92 Å². The van der Waals surface area contributed by atoms with Crippen LogP contribution in [0.1, 0.15) is 17.2 Å². The number of carbonyl (C=O) groups is 1. The van der Waals surface area contributed by atoms with Crippen molar-refractivity contribution < 1.29 is 18.3 Å². The van der Waals surface area contributed by atoms with Gasteiger partial charge in [0.15, 0.2) is 0 Å². The van der Waals surface area contributed by atoms with E-state index in [4.69, 9.17) is 0 Å². The largest absolute Gasteiger partial charge is 0.480 e. The van der Waals surface area contributed by atoms with Crippen molar-refractivity contribution in [2.24, 2.45) is 0 Å². The molecule has 0 aliphatic carbocycles. The van der Waals surface area contributed by atoms with E-state index in [1.165, 1.54) is 6.07 Å². The van der Waals surface area contributed by atoms with Crippen LogP contribution in [0.2, 0.25) is 0 Å². The Morgan fingerprint density at radius 1 is 1.05 bits per heavy atom. The van der Waals surface area contributed by atoms with Crippen LogP contribution in [-0.4, -0.2) is 19.5 Å². The Balaban J connectivity index is 2.38. The molecule has 0 saturated carbocycles. The Hall–Kier alpha value is -2.18. The number of hydrogen-bond acceptors (Lipinski definition) is 3. The number of aliphatic carboxylic acids is 1. The smallest absolute Gasteiger partial charge is 0.326 e. The van der Waals surface area contributed by atoms with E-state index in [-0.39, 0.29) is 4.90 Å². The molecular weight excluding hydrogens is 290 g/mol. The Labute approximate surface area is 123 Å². The van der Waals surface area contributed by atoms with Crippen LogP contribution in [0.15, 0.2) is 59.5 Å². The Morgan fingerprint density at radius 3 is 2.19 bits per heavy atom. The fourth-order valence-corrected chi connectivity index (χ4v) is 3.41. The summed E-state index contributed by atoms with van der Waals surface area (Å²) in [5.74, 6) is -1.25. The summed E-state index contributed by atoms with van der Waals surface area (Å²) in [5, 5.41) is 9.28. The number of rotatable bonds is 5. The number of benzene rings is 2. The molecule has 0 fully saturated rings. The maximum absolute atomic E-state index is 12.4. The highest BCUT2D eigenvalue weighted by atomic mass is 32.2. The molecule has 0 spiro atoms. The first-order valence-corrected chi connectivity index (χ1v) is 7.76. The van der Waals surface area contributed by atoms with Crippen molar-refractivity contribution in [1.29, 1.82) is 0 Å². The first-order chi connectivity index (χ1) is 9.92. The summed E-state index contributed by atoms with van der Waals surface area (Å²) in [5.41, 5.74) is 0.935. The lowest BCUT2D eigenvalue weighted by Crippen LogP contribution is -2.34. The molecule has 0 unspecified atom stereocenters. The Morgan fingerprint density at radius 2 is 1.62 bits per heavy atom. The molecule has 1 atom stereocenters. The third-order valence-corrected chi connectivity index (χ3v) is 4.62. The fraction of sp³-hybridized carbons (Fsp3) is 0.133. The van der Waals surface area contributed by atoms with Gasteiger partial charge >= 0.3 is 5.97 Å². The second-order valence-corrected chi connectivity index (χ2v) is 6.25. The minimum atomic E-state index is -3.91. The zero-order chi connectivity index (χ0) is 15.5. The monoisotopic (exact) mass is 305 g/mol. The number of nitrogens with one attached hydrogen (secondary N) is 1. The maximum Gasteiger partial charge on any atom is 0.326 e. The molecule has 6 heteroatoms. The lowest BCUT2D eigenvalue weighted by Gasteiger charge is -2.16. The predicted octanol–water partition coefficient (Wildman–Crippen LogP) is 2.10. The van der Waals surface area contributed by atoms with Crippen LogP contribution in [0.25, 0.3) is 0 Å². The average Bonchev–Trinajstić information content (AvgIpc) is 2.46. The van der Waals surface area contributed by atoms with Gasteiger partial charge in [-0.05, 0) is 24.1 Å². The van der Waals surface area contributed by atoms with Crippen molar-refractivity contribution in [3.8, 4) is 0 Å². The van der Waals surface area contributed by atoms with Gasteiger partial charge in [-0.3, -0.25) is 4.79 Å². The van der Waals surface area contributed by atoms with E-state index < -0.39 is 22.0 Å². The first-order valence-electron chi connectivity index (χ1n) is 6.27. The topological polar surface area (TPSA) is 83.5 Å². The average molecular weight is 305 g/mol. The fourth-order valence-electron chi connectivity index (χ4n) is 1.98. The van der Waals surface area contributed by atoms with Gasteiger partial charge in [0.05, 0.1) is 4.90 Å². The standard InChI is InChI=1S/C15H15NO4S/c1-11-7-5-6-10-13(11)21(19,20)16-14(15(17)18)12-8-3-2-4-9-12/h2-10,14,16H,1H3,(H,17,18)/t14-/m1/s1. The van der Waals surface area contributed by atoms with Crippen LogP contribution >= 0.6 is 0 Å². The lowest BCUT2D eigenvalue weighted by atomic mass is 10.1. The van der Waals surface area contributed by atoms with Gasteiger partial charge in [0.25, 0.3) is 0 Å². The van der Waals surface area contributed by atoms with Crippen LogP contribution < -0.4 is 4.72 Å². The Kier molecular flexibility index (Phi) is 4.40. The summed E-state index contributed by atoms with van der Waals surface area (Å²) in [6.45, 7) is 1.66. The van der Waals surface area contributed by atoms with Crippen molar-refractivity contribution in [2.45, 2.75) is 17.9 Å². The van der Waals surface area contributed by atoms with Crippen molar-refractivity contribution in [2.75, 3.05) is 0 Å².